The van der Waals surface area contributed by atoms with E-state index < -0.39 is 10.2 Å². The molecule has 1 unspecified atom stereocenters. The molecule has 0 spiro atoms. The molecule has 1 fully saturated rings. The first-order valence-electron chi connectivity index (χ1n) is 6.55. The molecule has 2 heterocycles. The lowest BCUT2D eigenvalue weighted by Crippen LogP contribution is -2.44. The summed E-state index contributed by atoms with van der Waals surface area (Å²) in [5.74, 6) is 0.802. The molecular formula is C12H17N3O3S. The zero-order valence-electron chi connectivity index (χ0n) is 10.8. The van der Waals surface area contributed by atoms with Crippen molar-refractivity contribution < 1.29 is 13.2 Å². The van der Waals surface area contributed by atoms with Crippen molar-refractivity contribution in [3.63, 3.8) is 0 Å². The van der Waals surface area contributed by atoms with Gasteiger partial charge in [0.2, 0.25) is 5.91 Å². The second kappa shape index (κ2) is 4.33. The average molecular weight is 283 g/mol. The zero-order valence-corrected chi connectivity index (χ0v) is 11.6. The van der Waals surface area contributed by atoms with E-state index in [0.29, 0.717) is 31.1 Å². The summed E-state index contributed by atoms with van der Waals surface area (Å²) in [6.07, 6.45) is 4.21. The van der Waals surface area contributed by atoms with Crippen molar-refractivity contribution in [2.75, 3.05) is 13.1 Å². The average Bonchev–Trinajstić information content (AvgIpc) is 3.19. The van der Waals surface area contributed by atoms with E-state index >= 15 is 0 Å². The summed E-state index contributed by atoms with van der Waals surface area (Å²) < 4.78 is 28.5. The minimum atomic E-state index is -3.55. The van der Waals surface area contributed by atoms with Crippen LogP contribution in [0.4, 0.5) is 0 Å². The Morgan fingerprint density at radius 3 is 2.95 bits per heavy atom. The first-order valence-corrected chi connectivity index (χ1v) is 7.99. The zero-order chi connectivity index (χ0) is 13.6. The lowest BCUT2D eigenvalue weighted by Gasteiger charge is -2.32. The Kier molecular flexibility index (Phi) is 2.88. The van der Waals surface area contributed by atoms with Crippen LogP contribution in [0, 0.1) is 11.8 Å². The second-order valence-electron chi connectivity index (χ2n) is 5.45. The lowest BCUT2D eigenvalue weighted by atomic mass is 10.0. The second-order valence-corrected chi connectivity index (χ2v) is 6.82. The van der Waals surface area contributed by atoms with E-state index in [9.17, 15) is 13.2 Å². The van der Waals surface area contributed by atoms with Crippen molar-refractivity contribution in [2.24, 2.45) is 16.2 Å². The molecule has 1 aliphatic carbocycles. The van der Waals surface area contributed by atoms with Gasteiger partial charge in [-0.15, -0.1) is 0 Å². The molecule has 1 atom stereocenters. The van der Waals surface area contributed by atoms with Crippen LogP contribution < -0.4 is 4.72 Å². The lowest BCUT2D eigenvalue weighted by molar-refractivity contribution is -0.135. The third kappa shape index (κ3) is 2.51. The number of nitrogens with zero attached hydrogens (tertiary/aromatic N) is 2. The van der Waals surface area contributed by atoms with Crippen LogP contribution >= 0.6 is 0 Å². The van der Waals surface area contributed by atoms with Gasteiger partial charge in [0.1, 0.15) is 0 Å². The highest BCUT2D eigenvalue weighted by Gasteiger charge is 2.36. The Balaban J connectivity index is 1.72. The van der Waals surface area contributed by atoms with E-state index in [1.807, 2.05) is 11.8 Å². The Morgan fingerprint density at radius 1 is 1.53 bits per heavy atom. The number of hydrogen-bond acceptors (Lipinski definition) is 3. The van der Waals surface area contributed by atoms with E-state index in [1.165, 1.54) is 6.21 Å². The fourth-order valence-corrected chi connectivity index (χ4v) is 3.48. The Hall–Kier alpha value is -1.37. The van der Waals surface area contributed by atoms with E-state index in [1.54, 1.807) is 0 Å². The van der Waals surface area contributed by atoms with Crippen molar-refractivity contribution >= 4 is 22.3 Å². The molecule has 2 aliphatic heterocycles. The first kappa shape index (κ1) is 12.7. The van der Waals surface area contributed by atoms with Gasteiger partial charge in [-0.1, -0.05) is 6.92 Å². The van der Waals surface area contributed by atoms with Gasteiger partial charge in [-0.2, -0.15) is 12.8 Å². The maximum absolute atomic E-state index is 12.3. The number of amides is 1. The highest BCUT2D eigenvalue weighted by atomic mass is 32.2. The molecule has 3 rings (SSSR count). The highest BCUT2D eigenvalue weighted by molar-refractivity contribution is 7.88. The predicted octanol–water partition coefficient (Wildman–Crippen LogP) is 0.438. The van der Waals surface area contributed by atoms with Gasteiger partial charge in [0, 0.05) is 42.9 Å². The minimum absolute atomic E-state index is 0.0828. The SMILES string of the molecule is CC(C(=O)N1CCC2=C(C=NS(=O)(=O)N2)C1)C1CC1. The van der Waals surface area contributed by atoms with Crippen LogP contribution in [0.15, 0.2) is 15.7 Å². The van der Waals surface area contributed by atoms with Crippen molar-refractivity contribution in [3.8, 4) is 0 Å². The molecule has 7 heteroatoms. The molecule has 6 nitrogen and oxygen atoms in total. The van der Waals surface area contributed by atoms with E-state index in [0.717, 1.165) is 18.4 Å². The molecule has 0 aromatic rings. The highest BCUT2D eigenvalue weighted by Crippen LogP contribution is 2.37. The molecule has 0 saturated heterocycles. The third-order valence-electron chi connectivity index (χ3n) is 4.01. The van der Waals surface area contributed by atoms with Gasteiger partial charge in [-0.05, 0) is 18.8 Å². The van der Waals surface area contributed by atoms with E-state index in [-0.39, 0.29) is 11.8 Å². The largest absolute Gasteiger partial charge is 0.341 e. The van der Waals surface area contributed by atoms with Crippen molar-refractivity contribution in [1.29, 1.82) is 0 Å². The molecular weight excluding hydrogens is 266 g/mol. The minimum Gasteiger partial charge on any atom is -0.338 e. The normalized spacial score (nSPS) is 26.7. The summed E-state index contributed by atoms with van der Waals surface area (Å²) >= 11 is 0. The molecule has 19 heavy (non-hydrogen) atoms. The molecule has 0 aromatic carbocycles. The van der Waals surface area contributed by atoms with Gasteiger partial charge in [0.05, 0.1) is 0 Å². The Morgan fingerprint density at radius 2 is 2.26 bits per heavy atom. The summed E-state index contributed by atoms with van der Waals surface area (Å²) in [5.41, 5.74) is 1.48. The van der Waals surface area contributed by atoms with Crippen LogP contribution in [0.1, 0.15) is 26.2 Å². The number of carbonyl (C=O) groups excluding carboxylic acids is 1. The van der Waals surface area contributed by atoms with Crippen LogP contribution in [-0.2, 0) is 15.0 Å². The standard InChI is InChI=1S/C12H17N3O3S/c1-8(9-2-3-9)12(16)15-5-4-11-10(7-15)6-13-19(17,18)14-11/h6,8-9,14H,2-5,7H2,1H3. The maximum Gasteiger partial charge on any atom is 0.341 e. The quantitative estimate of drug-likeness (QED) is 0.798. The van der Waals surface area contributed by atoms with Crippen LogP contribution in [0.3, 0.4) is 0 Å². The molecule has 0 aromatic heterocycles. The molecule has 1 amide bonds. The summed E-state index contributed by atoms with van der Waals surface area (Å²) in [7, 11) is -3.55. The van der Waals surface area contributed by atoms with Crippen molar-refractivity contribution in [1.82, 2.24) is 9.62 Å². The van der Waals surface area contributed by atoms with E-state index in [4.69, 9.17) is 0 Å². The van der Waals surface area contributed by atoms with Gasteiger partial charge >= 0.3 is 10.2 Å². The summed E-state index contributed by atoms with van der Waals surface area (Å²) in [6.45, 7) is 3.02. The monoisotopic (exact) mass is 283 g/mol. The predicted molar refractivity (Wildman–Crippen MR) is 70.7 cm³/mol. The number of nitrogens with one attached hydrogen (secondary N) is 1. The van der Waals surface area contributed by atoms with Gasteiger partial charge in [-0.25, -0.2) is 0 Å². The Labute approximate surface area is 112 Å². The van der Waals surface area contributed by atoms with Crippen LogP contribution in [-0.4, -0.2) is 38.5 Å². The van der Waals surface area contributed by atoms with Gasteiger partial charge in [0.15, 0.2) is 0 Å². The van der Waals surface area contributed by atoms with Crippen molar-refractivity contribution in [2.45, 2.75) is 26.2 Å². The molecule has 104 valence electrons. The Bertz CT molecular complexity index is 575. The molecule has 1 N–H and O–H groups in total. The van der Waals surface area contributed by atoms with Gasteiger partial charge < -0.3 is 4.90 Å². The maximum atomic E-state index is 12.3. The fraction of sp³-hybridized carbons (Fsp3) is 0.667. The molecule has 0 bridgehead atoms. The molecule has 1 saturated carbocycles. The summed E-state index contributed by atoms with van der Waals surface area (Å²) in [4.78, 5) is 14.1. The van der Waals surface area contributed by atoms with Crippen molar-refractivity contribution in [3.05, 3.63) is 11.3 Å². The number of hydrogen-bond donors (Lipinski definition) is 1. The number of rotatable bonds is 2. The summed E-state index contributed by atoms with van der Waals surface area (Å²) in [6, 6.07) is 0. The first-order chi connectivity index (χ1) is 8.96. The van der Waals surface area contributed by atoms with Gasteiger partial charge in [-0.3, -0.25) is 9.52 Å². The van der Waals surface area contributed by atoms with Crippen LogP contribution in [0.5, 0.6) is 0 Å². The summed E-state index contributed by atoms with van der Waals surface area (Å²) in [5, 5.41) is 0. The van der Waals surface area contributed by atoms with E-state index in [2.05, 4.69) is 9.12 Å². The topological polar surface area (TPSA) is 78.8 Å². The molecule has 3 aliphatic rings. The number of carbonyl (C=O) groups is 1. The smallest absolute Gasteiger partial charge is 0.338 e. The van der Waals surface area contributed by atoms with Gasteiger partial charge in [0.25, 0.3) is 0 Å². The third-order valence-corrected chi connectivity index (χ3v) is 4.90. The van der Waals surface area contributed by atoms with Crippen LogP contribution in [0.25, 0.3) is 0 Å². The fourth-order valence-electron chi connectivity index (χ4n) is 2.61. The molecule has 0 radical (unpaired) electrons. The van der Waals surface area contributed by atoms with Crippen LogP contribution in [0.2, 0.25) is 0 Å².